The van der Waals surface area contributed by atoms with Crippen molar-refractivity contribution in [3.8, 4) is 0 Å². The van der Waals surface area contributed by atoms with Gasteiger partial charge in [0.05, 0.1) is 0 Å². The van der Waals surface area contributed by atoms with Crippen molar-refractivity contribution in [1.29, 1.82) is 0 Å². The van der Waals surface area contributed by atoms with E-state index >= 15 is 0 Å². The van der Waals surface area contributed by atoms with E-state index in [1.54, 1.807) is 0 Å². The van der Waals surface area contributed by atoms with E-state index in [-0.39, 0.29) is 12.6 Å². The summed E-state index contributed by atoms with van der Waals surface area (Å²) >= 11 is 0. The van der Waals surface area contributed by atoms with Gasteiger partial charge in [0.2, 0.25) is 5.91 Å². The number of nitrogens with two attached hydrogens (primary N) is 1. The van der Waals surface area contributed by atoms with E-state index in [9.17, 15) is 13.2 Å². The highest BCUT2D eigenvalue weighted by Gasteiger charge is 2.38. The maximum atomic E-state index is 11.9. The molecule has 0 saturated carbocycles. The number of hydrogen-bond acceptors (Lipinski definition) is 4. The highest BCUT2D eigenvalue weighted by atomic mass is 32.2. The molecule has 6 heteroatoms. The van der Waals surface area contributed by atoms with Gasteiger partial charge in [-0.3, -0.25) is 4.79 Å². The molecule has 0 radical (unpaired) electrons. The number of hydrogen-bond donors (Lipinski definition) is 2. The smallest absolute Gasteiger partial charge is 0.240 e. The molecular weight excluding hydrogens is 264 g/mol. The molecule has 1 aromatic carbocycles. The first-order chi connectivity index (χ1) is 8.66. The SMILES string of the molecule is CC(C)(C(=O)NCC(N)c1ccccc1)S(C)(=O)=O. The topological polar surface area (TPSA) is 89.3 Å². The van der Waals surface area contributed by atoms with Crippen LogP contribution in [0.15, 0.2) is 30.3 Å². The Kier molecular flexibility index (Phi) is 4.70. The van der Waals surface area contributed by atoms with Crippen LogP contribution in [-0.2, 0) is 14.6 Å². The van der Waals surface area contributed by atoms with Gasteiger partial charge in [-0.15, -0.1) is 0 Å². The third-order valence-electron chi connectivity index (χ3n) is 3.18. The molecule has 1 aromatic rings. The lowest BCUT2D eigenvalue weighted by Crippen LogP contribution is -2.49. The average Bonchev–Trinajstić information content (AvgIpc) is 2.35. The van der Waals surface area contributed by atoms with Crippen LogP contribution < -0.4 is 11.1 Å². The Hall–Kier alpha value is -1.40. The molecule has 0 saturated heterocycles. The van der Waals surface area contributed by atoms with E-state index in [1.165, 1.54) is 13.8 Å². The van der Waals surface area contributed by atoms with Crippen molar-refractivity contribution in [1.82, 2.24) is 5.32 Å². The van der Waals surface area contributed by atoms with Crippen LogP contribution >= 0.6 is 0 Å². The summed E-state index contributed by atoms with van der Waals surface area (Å²) < 4.78 is 21.6. The molecule has 1 amide bonds. The summed E-state index contributed by atoms with van der Waals surface area (Å²) in [4.78, 5) is 11.9. The van der Waals surface area contributed by atoms with Crippen LogP contribution in [0.5, 0.6) is 0 Å². The van der Waals surface area contributed by atoms with Crippen molar-refractivity contribution in [2.24, 2.45) is 5.73 Å². The first kappa shape index (κ1) is 15.7. The van der Waals surface area contributed by atoms with Crippen LogP contribution in [0, 0.1) is 0 Å². The molecule has 3 N–H and O–H groups in total. The Bertz CT molecular complexity index is 538. The summed E-state index contributed by atoms with van der Waals surface area (Å²) in [7, 11) is -3.47. The Balaban J connectivity index is 2.66. The van der Waals surface area contributed by atoms with Crippen molar-refractivity contribution in [2.75, 3.05) is 12.8 Å². The minimum atomic E-state index is -3.47. The summed E-state index contributed by atoms with van der Waals surface area (Å²) in [5.41, 5.74) is 6.82. The van der Waals surface area contributed by atoms with E-state index in [0.717, 1.165) is 11.8 Å². The fourth-order valence-electron chi connectivity index (χ4n) is 1.40. The number of amides is 1. The number of benzene rings is 1. The van der Waals surface area contributed by atoms with Gasteiger partial charge in [-0.25, -0.2) is 8.42 Å². The lowest BCUT2D eigenvalue weighted by Gasteiger charge is -2.22. The second-order valence-electron chi connectivity index (χ2n) is 5.01. The number of sulfone groups is 1. The summed E-state index contributed by atoms with van der Waals surface area (Å²) in [6, 6.07) is 8.95. The lowest BCUT2D eigenvalue weighted by molar-refractivity contribution is -0.122. The summed E-state index contributed by atoms with van der Waals surface area (Å²) in [5.74, 6) is -0.540. The Morgan fingerprint density at radius 2 is 1.84 bits per heavy atom. The van der Waals surface area contributed by atoms with Gasteiger partial charge in [0.15, 0.2) is 9.84 Å². The number of carbonyl (C=O) groups is 1. The largest absolute Gasteiger partial charge is 0.353 e. The zero-order chi connectivity index (χ0) is 14.7. The van der Waals surface area contributed by atoms with Crippen molar-refractivity contribution >= 4 is 15.7 Å². The van der Waals surface area contributed by atoms with Crippen LogP contribution in [0.1, 0.15) is 25.5 Å². The summed E-state index contributed by atoms with van der Waals surface area (Å²) in [6.07, 6.45) is 1.05. The molecule has 1 rings (SSSR count). The molecule has 0 fully saturated rings. The van der Waals surface area contributed by atoms with Gasteiger partial charge >= 0.3 is 0 Å². The van der Waals surface area contributed by atoms with Gasteiger partial charge < -0.3 is 11.1 Å². The monoisotopic (exact) mass is 284 g/mol. The normalized spacial score (nSPS) is 13.9. The standard InChI is InChI=1S/C13H20N2O3S/c1-13(2,19(3,17)18)12(16)15-9-11(14)10-7-5-4-6-8-10/h4-8,11H,9,14H2,1-3H3,(H,15,16). The van der Waals surface area contributed by atoms with E-state index in [1.807, 2.05) is 30.3 Å². The Morgan fingerprint density at radius 3 is 2.32 bits per heavy atom. The summed E-state index contributed by atoms with van der Waals surface area (Å²) in [5, 5.41) is 2.58. The van der Waals surface area contributed by atoms with Gasteiger partial charge in [-0.05, 0) is 19.4 Å². The fraction of sp³-hybridized carbons (Fsp3) is 0.462. The molecule has 0 aliphatic heterocycles. The van der Waals surface area contributed by atoms with E-state index in [4.69, 9.17) is 5.73 Å². The molecule has 106 valence electrons. The third-order valence-corrected chi connectivity index (χ3v) is 5.22. The van der Waals surface area contributed by atoms with E-state index in [0.29, 0.717) is 0 Å². The lowest BCUT2D eigenvalue weighted by atomic mass is 10.1. The van der Waals surface area contributed by atoms with Crippen molar-refractivity contribution < 1.29 is 13.2 Å². The van der Waals surface area contributed by atoms with Crippen molar-refractivity contribution in [3.63, 3.8) is 0 Å². The molecule has 1 atom stereocenters. The zero-order valence-electron chi connectivity index (χ0n) is 11.4. The molecule has 0 aliphatic carbocycles. The maximum absolute atomic E-state index is 11.9. The molecule has 1 unspecified atom stereocenters. The number of carbonyl (C=O) groups excluding carboxylic acids is 1. The average molecular weight is 284 g/mol. The van der Waals surface area contributed by atoms with Crippen LogP contribution in [0.25, 0.3) is 0 Å². The fourth-order valence-corrected chi connectivity index (χ4v) is 1.81. The molecule has 0 bridgehead atoms. The molecule has 0 aliphatic rings. The van der Waals surface area contributed by atoms with Gasteiger partial charge in [0, 0.05) is 18.8 Å². The number of nitrogens with one attached hydrogen (secondary N) is 1. The Morgan fingerprint density at radius 1 is 1.32 bits per heavy atom. The molecular formula is C13H20N2O3S. The van der Waals surface area contributed by atoms with Crippen LogP contribution in [0.4, 0.5) is 0 Å². The van der Waals surface area contributed by atoms with Crippen molar-refractivity contribution in [2.45, 2.75) is 24.6 Å². The highest BCUT2D eigenvalue weighted by molar-refractivity contribution is 7.92. The summed E-state index contributed by atoms with van der Waals surface area (Å²) in [6.45, 7) is 2.96. The number of rotatable bonds is 5. The van der Waals surface area contributed by atoms with Gasteiger partial charge in [0.1, 0.15) is 4.75 Å². The quantitative estimate of drug-likeness (QED) is 0.829. The van der Waals surface area contributed by atoms with Crippen LogP contribution in [0.2, 0.25) is 0 Å². The predicted octanol–water partition coefficient (Wildman–Crippen LogP) is 0.626. The first-order valence-corrected chi connectivity index (χ1v) is 7.84. The van der Waals surface area contributed by atoms with Crippen molar-refractivity contribution in [3.05, 3.63) is 35.9 Å². The molecule has 5 nitrogen and oxygen atoms in total. The van der Waals surface area contributed by atoms with Crippen LogP contribution in [0.3, 0.4) is 0 Å². The highest BCUT2D eigenvalue weighted by Crippen LogP contribution is 2.15. The second kappa shape index (κ2) is 5.71. The zero-order valence-corrected chi connectivity index (χ0v) is 12.2. The van der Waals surface area contributed by atoms with E-state index < -0.39 is 20.5 Å². The second-order valence-corrected chi connectivity index (χ2v) is 7.57. The molecule has 19 heavy (non-hydrogen) atoms. The van der Waals surface area contributed by atoms with Gasteiger partial charge in [-0.1, -0.05) is 30.3 Å². The molecule has 0 aromatic heterocycles. The third kappa shape index (κ3) is 3.78. The predicted molar refractivity (Wildman–Crippen MR) is 75.3 cm³/mol. The van der Waals surface area contributed by atoms with Gasteiger partial charge in [-0.2, -0.15) is 0 Å². The molecule has 0 spiro atoms. The van der Waals surface area contributed by atoms with Gasteiger partial charge in [0.25, 0.3) is 0 Å². The minimum Gasteiger partial charge on any atom is -0.353 e. The minimum absolute atomic E-state index is 0.196. The van der Waals surface area contributed by atoms with E-state index in [2.05, 4.69) is 5.32 Å². The Labute approximate surface area is 114 Å². The van der Waals surface area contributed by atoms with Crippen LogP contribution in [-0.4, -0.2) is 31.9 Å². The maximum Gasteiger partial charge on any atom is 0.240 e. The molecule has 0 heterocycles. The first-order valence-electron chi connectivity index (χ1n) is 5.94.